The minimum atomic E-state index is 0.220. The molecule has 2 aliphatic rings. The molecule has 5 nitrogen and oxygen atoms in total. The highest BCUT2D eigenvalue weighted by Gasteiger charge is 2.27. The molecule has 1 aliphatic heterocycles. The summed E-state index contributed by atoms with van der Waals surface area (Å²) in [5, 5.41) is 4.68. The first kappa shape index (κ1) is 12.9. The number of aromatic nitrogens is 3. The Morgan fingerprint density at radius 1 is 1.13 bits per heavy atom. The fourth-order valence-corrected chi connectivity index (χ4v) is 3.35. The van der Waals surface area contributed by atoms with Crippen LogP contribution in [0.3, 0.4) is 0 Å². The molecule has 0 spiro atoms. The van der Waals surface area contributed by atoms with Gasteiger partial charge in [0.2, 0.25) is 0 Å². The highest BCUT2D eigenvalue weighted by Crippen LogP contribution is 2.41. The molecule has 2 N–H and O–H groups in total. The van der Waals surface area contributed by atoms with Crippen LogP contribution in [0.1, 0.15) is 42.5 Å². The third-order valence-corrected chi connectivity index (χ3v) is 4.73. The summed E-state index contributed by atoms with van der Waals surface area (Å²) in [4.78, 5) is 12.3. The lowest BCUT2D eigenvalue weighted by Crippen LogP contribution is -2.20. The van der Waals surface area contributed by atoms with Gasteiger partial charge in [-0.2, -0.15) is 0 Å². The van der Waals surface area contributed by atoms with E-state index in [-0.39, 0.29) is 6.04 Å². The Balaban J connectivity index is 1.52. The van der Waals surface area contributed by atoms with Crippen LogP contribution in [0.15, 0.2) is 36.7 Å². The zero-order valence-electron chi connectivity index (χ0n) is 12.7. The summed E-state index contributed by atoms with van der Waals surface area (Å²) >= 11 is 0. The van der Waals surface area contributed by atoms with Crippen LogP contribution >= 0.6 is 0 Å². The van der Waals surface area contributed by atoms with Crippen molar-refractivity contribution in [2.75, 3.05) is 11.9 Å². The lowest BCUT2D eigenvalue weighted by Gasteiger charge is -2.27. The first-order chi connectivity index (χ1) is 11.4. The molecule has 0 radical (unpaired) electrons. The maximum atomic E-state index is 5.74. The number of ether oxygens (including phenoxy) is 1. The van der Waals surface area contributed by atoms with Gasteiger partial charge in [-0.1, -0.05) is 18.2 Å². The standard InChI is InChI=1S/C18H18N4O/c1-2-4-16-12(3-1)14(7-8-23-16)21-17-13-9-15(11-5-6-11)22-18(13)20-10-19-17/h1-4,9-11,14H,5-8H2,(H2,19,20,21,22). The Bertz CT molecular complexity index is 868. The summed E-state index contributed by atoms with van der Waals surface area (Å²) in [5.74, 6) is 2.55. The van der Waals surface area contributed by atoms with E-state index in [4.69, 9.17) is 4.74 Å². The van der Waals surface area contributed by atoms with E-state index in [1.54, 1.807) is 6.33 Å². The summed E-state index contributed by atoms with van der Waals surface area (Å²) in [6, 6.07) is 10.6. The average molecular weight is 306 g/mol. The lowest BCUT2D eigenvalue weighted by molar-refractivity contribution is 0.274. The molecule has 1 unspecified atom stereocenters. The summed E-state index contributed by atoms with van der Waals surface area (Å²) < 4.78 is 5.74. The van der Waals surface area contributed by atoms with Gasteiger partial charge >= 0.3 is 0 Å². The highest BCUT2D eigenvalue weighted by atomic mass is 16.5. The topological polar surface area (TPSA) is 62.8 Å². The van der Waals surface area contributed by atoms with E-state index in [9.17, 15) is 0 Å². The molecule has 1 aromatic carbocycles. The molecule has 0 bridgehead atoms. The largest absolute Gasteiger partial charge is 0.493 e. The first-order valence-corrected chi connectivity index (χ1v) is 8.20. The van der Waals surface area contributed by atoms with Crippen LogP contribution in [0.2, 0.25) is 0 Å². The van der Waals surface area contributed by atoms with Crippen LogP contribution in [0, 0.1) is 0 Å². The van der Waals surface area contributed by atoms with Crippen LogP contribution in [0.5, 0.6) is 5.75 Å². The van der Waals surface area contributed by atoms with E-state index in [1.165, 1.54) is 24.1 Å². The van der Waals surface area contributed by atoms with Gasteiger partial charge in [-0.05, 0) is 30.9 Å². The number of benzene rings is 1. The Labute approximate surface area is 134 Å². The van der Waals surface area contributed by atoms with Crippen molar-refractivity contribution in [3.63, 3.8) is 0 Å². The maximum Gasteiger partial charge on any atom is 0.143 e. The molecule has 0 amide bonds. The molecule has 0 saturated heterocycles. The molecule has 1 fully saturated rings. The van der Waals surface area contributed by atoms with E-state index in [0.717, 1.165) is 35.6 Å². The molecule has 5 heteroatoms. The number of nitrogens with zero attached hydrogens (tertiary/aromatic N) is 2. The molecule has 3 heterocycles. The number of fused-ring (bicyclic) bond motifs is 2. The number of H-pyrrole nitrogens is 1. The molecule has 1 saturated carbocycles. The molecular formula is C18H18N4O. The SMILES string of the molecule is c1ccc2c(c1)OCCC2Nc1ncnc2[nH]c(C3CC3)cc12. The monoisotopic (exact) mass is 306 g/mol. The fourth-order valence-electron chi connectivity index (χ4n) is 3.35. The van der Waals surface area contributed by atoms with Crippen molar-refractivity contribution in [2.24, 2.45) is 0 Å². The molecule has 116 valence electrons. The third-order valence-electron chi connectivity index (χ3n) is 4.73. The van der Waals surface area contributed by atoms with E-state index < -0.39 is 0 Å². The average Bonchev–Trinajstić information content (AvgIpc) is 3.34. The van der Waals surface area contributed by atoms with Gasteiger partial charge in [-0.15, -0.1) is 0 Å². The molecule has 5 rings (SSSR count). The van der Waals surface area contributed by atoms with Gasteiger partial charge in [-0.25, -0.2) is 9.97 Å². The number of anilines is 1. The Morgan fingerprint density at radius 2 is 2.04 bits per heavy atom. The van der Waals surface area contributed by atoms with Gasteiger partial charge in [0, 0.05) is 17.7 Å². The normalized spacial score (nSPS) is 20.1. The molecule has 2 aromatic heterocycles. The van der Waals surface area contributed by atoms with Crippen molar-refractivity contribution in [3.05, 3.63) is 47.9 Å². The van der Waals surface area contributed by atoms with Gasteiger partial charge < -0.3 is 15.0 Å². The van der Waals surface area contributed by atoms with Gasteiger partial charge in [0.1, 0.15) is 23.5 Å². The minimum absolute atomic E-state index is 0.220. The number of hydrogen-bond donors (Lipinski definition) is 2. The summed E-state index contributed by atoms with van der Waals surface area (Å²) in [5.41, 5.74) is 3.41. The summed E-state index contributed by atoms with van der Waals surface area (Å²) in [6.07, 6.45) is 5.11. The van der Waals surface area contributed by atoms with Crippen LogP contribution in [0.4, 0.5) is 5.82 Å². The Hall–Kier alpha value is -2.56. The molecule has 1 aliphatic carbocycles. The van der Waals surface area contributed by atoms with Crippen molar-refractivity contribution in [1.82, 2.24) is 15.0 Å². The number of hydrogen-bond acceptors (Lipinski definition) is 4. The van der Waals surface area contributed by atoms with Gasteiger partial charge in [0.25, 0.3) is 0 Å². The minimum Gasteiger partial charge on any atom is -0.493 e. The second-order valence-corrected chi connectivity index (χ2v) is 6.36. The fraction of sp³-hybridized carbons (Fsp3) is 0.333. The first-order valence-electron chi connectivity index (χ1n) is 8.20. The summed E-state index contributed by atoms with van der Waals surface area (Å²) in [6.45, 7) is 0.726. The second-order valence-electron chi connectivity index (χ2n) is 6.36. The van der Waals surface area contributed by atoms with Gasteiger partial charge in [0.15, 0.2) is 0 Å². The smallest absolute Gasteiger partial charge is 0.143 e. The van der Waals surface area contributed by atoms with Crippen LogP contribution in [-0.2, 0) is 0 Å². The molecule has 1 atom stereocenters. The predicted molar refractivity (Wildman–Crippen MR) is 88.8 cm³/mol. The third kappa shape index (κ3) is 2.23. The second kappa shape index (κ2) is 4.98. The maximum absolute atomic E-state index is 5.74. The Morgan fingerprint density at radius 3 is 2.96 bits per heavy atom. The van der Waals surface area contributed by atoms with E-state index in [2.05, 4.69) is 38.5 Å². The lowest BCUT2D eigenvalue weighted by atomic mass is 10.0. The number of aromatic amines is 1. The molecule has 3 aromatic rings. The van der Waals surface area contributed by atoms with E-state index in [1.807, 2.05) is 12.1 Å². The van der Waals surface area contributed by atoms with Gasteiger partial charge in [-0.3, -0.25) is 0 Å². The Kier molecular flexibility index (Phi) is 2.80. The summed E-state index contributed by atoms with van der Waals surface area (Å²) in [7, 11) is 0. The zero-order valence-corrected chi connectivity index (χ0v) is 12.7. The van der Waals surface area contributed by atoms with Crippen molar-refractivity contribution in [1.29, 1.82) is 0 Å². The van der Waals surface area contributed by atoms with Crippen molar-refractivity contribution < 1.29 is 4.74 Å². The van der Waals surface area contributed by atoms with Crippen molar-refractivity contribution in [3.8, 4) is 5.75 Å². The number of para-hydroxylation sites is 1. The molecule has 23 heavy (non-hydrogen) atoms. The van der Waals surface area contributed by atoms with E-state index >= 15 is 0 Å². The van der Waals surface area contributed by atoms with Crippen LogP contribution in [0.25, 0.3) is 11.0 Å². The van der Waals surface area contributed by atoms with E-state index in [0.29, 0.717) is 5.92 Å². The van der Waals surface area contributed by atoms with Crippen molar-refractivity contribution >= 4 is 16.9 Å². The molecular weight excluding hydrogens is 288 g/mol. The van der Waals surface area contributed by atoms with Crippen LogP contribution < -0.4 is 10.1 Å². The predicted octanol–water partition coefficient (Wildman–Crippen LogP) is 3.77. The zero-order chi connectivity index (χ0) is 15.2. The van der Waals surface area contributed by atoms with Gasteiger partial charge in [0.05, 0.1) is 18.0 Å². The van der Waals surface area contributed by atoms with Crippen molar-refractivity contribution in [2.45, 2.75) is 31.2 Å². The number of rotatable bonds is 3. The quantitative estimate of drug-likeness (QED) is 0.773. The number of nitrogens with one attached hydrogen (secondary N) is 2. The van der Waals surface area contributed by atoms with Crippen LogP contribution in [-0.4, -0.2) is 21.6 Å². The highest BCUT2D eigenvalue weighted by molar-refractivity contribution is 5.88.